The van der Waals surface area contributed by atoms with E-state index in [1.54, 1.807) is 0 Å². The Morgan fingerprint density at radius 2 is 2.21 bits per heavy atom. The van der Waals surface area contributed by atoms with Crippen LogP contribution in [0, 0.1) is 5.21 Å². The summed E-state index contributed by atoms with van der Waals surface area (Å²) >= 11 is 0. The molecule has 2 rings (SSSR count). The molecule has 2 heterocycles. The van der Waals surface area contributed by atoms with E-state index in [9.17, 15) is 10.4 Å². The summed E-state index contributed by atoms with van der Waals surface area (Å²) in [6.07, 6.45) is 0.971. The van der Waals surface area contributed by atoms with Crippen LogP contribution in [0.25, 0.3) is 11.2 Å². The van der Waals surface area contributed by atoms with E-state index in [1.165, 1.54) is 20.4 Å². The van der Waals surface area contributed by atoms with Gasteiger partial charge in [0.1, 0.15) is 0 Å². The Kier molecular flexibility index (Phi) is 1.66. The van der Waals surface area contributed by atoms with Gasteiger partial charge in [0.25, 0.3) is 5.58 Å². The highest BCUT2D eigenvalue weighted by molar-refractivity contribution is 5.74. The van der Waals surface area contributed by atoms with Gasteiger partial charge in [-0.3, -0.25) is 0 Å². The standard InChI is InChI=1S/C7H8N2O5/c1-12-4-3-8(10)6-5(4)14-7(13-2)9(6)11/h3,10H,1-2H3. The van der Waals surface area contributed by atoms with Crippen LogP contribution in [0.5, 0.6) is 11.8 Å². The van der Waals surface area contributed by atoms with Crippen molar-refractivity contribution in [3.05, 3.63) is 11.4 Å². The molecule has 0 amide bonds. The van der Waals surface area contributed by atoms with Crippen molar-refractivity contribution >= 4 is 11.2 Å². The lowest BCUT2D eigenvalue weighted by Crippen LogP contribution is -2.27. The normalized spacial score (nSPS) is 10.7. The summed E-state index contributed by atoms with van der Waals surface area (Å²) in [5.41, 5.74) is 0.0700. The predicted octanol–water partition coefficient (Wildman–Crippen LogP) is 0.122. The molecule has 0 radical (unpaired) electrons. The molecule has 0 saturated carbocycles. The number of aromatic nitrogens is 2. The maximum absolute atomic E-state index is 11.4. The third-order valence-corrected chi connectivity index (χ3v) is 1.83. The molecule has 0 fully saturated rings. The Bertz CT molecular complexity index is 472. The topological polar surface area (TPSA) is 83.7 Å². The lowest BCUT2D eigenvalue weighted by molar-refractivity contribution is -0.595. The maximum atomic E-state index is 11.4. The van der Waals surface area contributed by atoms with Gasteiger partial charge in [0.05, 0.1) is 14.2 Å². The molecule has 0 spiro atoms. The van der Waals surface area contributed by atoms with Crippen LogP contribution in [-0.4, -0.2) is 24.2 Å². The van der Waals surface area contributed by atoms with Crippen LogP contribution in [0.3, 0.4) is 0 Å². The fraction of sp³-hybridized carbons (Fsp3) is 0.286. The van der Waals surface area contributed by atoms with Crippen molar-refractivity contribution in [3.8, 4) is 11.8 Å². The van der Waals surface area contributed by atoms with Crippen molar-refractivity contribution in [2.75, 3.05) is 14.2 Å². The highest BCUT2D eigenvalue weighted by atomic mass is 16.6. The Morgan fingerprint density at radius 1 is 1.50 bits per heavy atom. The molecule has 0 bridgehead atoms. The van der Waals surface area contributed by atoms with E-state index in [2.05, 4.69) is 4.74 Å². The van der Waals surface area contributed by atoms with E-state index >= 15 is 0 Å². The fourth-order valence-corrected chi connectivity index (χ4v) is 1.21. The van der Waals surface area contributed by atoms with Gasteiger partial charge < -0.3 is 24.3 Å². The summed E-state index contributed by atoms with van der Waals surface area (Å²) in [5, 5.41) is 20.7. The Balaban J connectivity index is 2.78. The minimum Gasteiger partial charge on any atom is -0.706 e. The average molecular weight is 200 g/mol. The number of rotatable bonds is 2. The lowest BCUT2D eigenvalue weighted by atomic mass is 10.5. The third kappa shape index (κ3) is 0.889. The number of hydrogen-bond donors (Lipinski definition) is 1. The van der Waals surface area contributed by atoms with Crippen LogP contribution in [0.4, 0.5) is 0 Å². The second-order valence-electron chi connectivity index (χ2n) is 2.56. The van der Waals surface area contributed by atoms with Crippen molar-refractivity contribution in [1.29, 1.82) is 0 Å². The number of hydrogen-bond acceptors (Lipinski definition) is 5. The second kappa shape index (κ2) is 2.72. The zero-order chi connectivity index (χ0) is 10.3. The van der Waals surface area contributed by atoms with Crippen molar-refractivity contribution in [2.45, 2.75) is 0 Å². The summed E-state index contributed by atoms with van der Waals surface area (Å²) in [7, 11) is 2.69. The average Bonchev–Trinajstić information content (AvgIpc) is 2.66. The molecule has 14 heavy (non-hydrogen) atoms. The molecule has 76 valence electrons. The first-order valence-corrected chi connectivity index (χ1v) is 3.73. The SMILES string of the molecule is COc1cn(O)c2c1oc(OC)[n+]2[O-]. The number of oxazole rings is 1. The molecule has 7 heteroatoms. The van der Waals surface area contributed by atoms with E-state index in [-0.39, 0.29) is 23.1 Å². The molecule has 7 nitrogen and oxygen atoms in total. The van der Waals surface area contributed by atoms with Gasteiger partial charge in [-0.05, 0) is 4.73 Å². The van der Waals surface area contributed by atoms with Crippen LogP contribution in [0.2, 0.25) is 0 Å². The van der Waals surface area contributed by atoms with E-state index < -0.39 is 0 Å². The zero-order valence-corrected chi connectivity index (χ0v) is 7.55. The number of methoxy groups -OCH3 is 2. The Morgan fingerprint density at radius 3 is 2.79 bits per heavy atom. The molecule has 0 aromatic carbocycles. The van der Waals surface area contributed by atoms with Crippen molar-refractivity contribution in [2.24, 2.45) is 0 Å². The molecule has 0 aliphatic heterocycles. The van der Waals surface area contributed by atoms with Gasteiger partial charge in [0.2, 0.25) is 5.75 Å². The molecule has 0 aliphatic carbocycles. The molecule has 0 unspecified atom stereocenters. The minimum atomic E-state index is -0.253. The van der Waals surface area contributed by atoms with E-state index in [1.807, 2.05) is 0 Å². The van der Waals surface area contributed by atoms with Gasteiger partial charge in [0.15, 0.2) is 6.20 Å². The fourth-order valence-electron chi connectivity index (χ4n) is 1.21. The summed E-state index contributed by atoms with van der Waals surface area (Å²) in [5.74, 6) is 0.260. The smallest absolute Gasteiger partial charge is 0.474 e. The zero-order valence-electron chi connectivity index (χ0n) is 7.55. The Hall–Kier alpha value is -2.05. The molecule has 0 atom stereocenters. The largest absolute Gasteiger partial charge is 0.706 e. The lowest BCUT2D eigenvalue weighted by Gasteiger charge is -1.97. The van der Waals surface area contributed by atoms with Gasteiger partial charge >= 0.3 is 11.7 Å². The quantitative estimate of drug-likeness (QED) is 0.423. The van der Waals surface area contributed by atoms with E-state index in [0.717, 1.165) is 0 Å². The minimum absolute atomic E-state index is 0.0706. The molecule has 2 aromatic rings. The van der Waals surface area contributed by atoms with Gasteiger partial charge in [0, 0.05) is 0 Å². The molecule has 0 aliphatic rings. The number of ether oxygens (including phenoxy) is 2. The first kappa shape index (κ1) is 8.54. The molecule has 0 saturated heterocycles. The highest BCUT2D eigenvalue weighted by Gasteiger charge is 2.26. The van der Waals surface area contributed by atoms with Gasteiger partial charge in [-0.2, -0.15) is 4.73 Å². The molecule has 2 aromatic heterocycles. The number of fused-ring (bicyclic) bond motifs is 1. The monoisotopic (exact) mass is 200 g/mol. The van der Waals surface area contributed by atoms with Crippen molar-refractivity contribution < 1.29 is 23.8 Å². The number of nitrogens with zero attached hydrogens (tertiary/aromatic N) is 2. The van der Waals surface area contributed by atoms with Crippen molar-refractivity contribution in [1.82, 2.24) is 4.73 Å². The summed E-state index contributed by atoms with van der Waals surface area (Å²) in [6, 6.07) is 0. The predicted molar refractivity (Wildman–Crippen MR) is 43.5 cm³/mol. The summed E-state index contributed by atoms with van der Waals surface area (Å²) < 4.78 is 15.5. The molecular formula is C7H8N2O5. The van der Waals surface area contributed by atoms with Gasteiger partial charge in [-0.1, -0.05) is 0 Å². The third-order valence-electron chi connectivity index (χ3n) is 1.83. The first-order chi connectivity index (χ1) is 6.69. The van der Waals surface area contributed by atoms with Crippen LogP contribution < -0.4 is 14.2 Å². The summed E-state index contributed by atoms with van der Waals surface area (Å²) in [6.45, 7) is 0. The van der Waals surface area contributed by atoms with E-state index in [0.29, 0.717) is 9.46 Å². The van der Waals surface area contributed by atoms with Crippen LogP contribution in [0.15, 0.2) is 10.6 Å². The van der Waals surface area contributed by atoms with Gasteiger partial charge in [-0.15, -0.1) is 0 Å². The Labute approximate surface area is 78.2 Å². The first-order valence-electron chi connectivity index (χ1n) is 3.73. The van der Waals surface area contributed by atoms with Crippen LogP contribution in [-0.2, 0) is 0 Å². The molecular weight excluding hydrogens is 192 g/mol. The molecule has 1 N–H and O–H groups in total. The summed E-state index contributed by atoms with van der Waals surface area (Å²) in [4.78, 5) is 0. The van der Waals surface area contributed by atoms with Crippen LogP contribution >= 0.6 is 0 Å². The maximum Gasteiger partial charge on any atom is 0.474 e. The van der Waals surface area contributed by atoms with Crippen molar-refractivity contribution in [3.63, 3.8) is 0 Å². The van der Waals surface area contributed by atoms with E-state index in [4.69, 9.17) is 9.15 Å². The highest BCUT2D eigenvalue weighted by Crippen LogP contribution is 2.28. The van der Waals surface area contributed by atoms with Gasteiger partial charge in [-0.25, -0.2) is 0 Å². The second-order valence-corrected chi connectivity index (χ2v) is 2.56. The van der Waals surface area contributed by atoms with Crippen LogP contribution in [0.1, 0.15) is 0 Å².